The van der Waals surface area contributed by atoms with E-state index in [-0.39, 0.29) is 11.7 Å². The summed E-state index contributed by atoms with van der Waals surface area (Å²) >= 11 is 0. The fraction of sp³-hybridized carbons (Fsp3) is 0.286. The van der Waals surface area contributed by atoms with Gasteiger partial charge in [-0.1, -0.05) is 24.3 Å². The molecule has 0 aliphatic carbocycles. The fourth-order valence-electron chi connectivity index (χ4n) is 4.01. The minimum Gasteiger partial charge on any atom is -0.493 e. The van der Waals surface area contributed by atoms with Crippen molar-refractivity contribution in [3.8, 4) is 11.5 Å². The molecule has 182 valence electrons. The highest BCUT2D eigenvalue weighted by Crippen LogP contribution is 2.26. The van der Waals surface area contributed by atoms with Gasteiger partial charge < -0.3 is 19.4 Å². The lowest BCUT2D eigenvalue weighted by Gasteiger charge is -2.12. The molecule has 0 atom stereocenters. The number of para-hydroxylation sites is 4. The highest BCUT2D eigenvalue weighted by Gasteiger charge is 2.11. The number of aryl methyl sites for hydroxylation is 2. The van der Waals surface area contributed by atoms with Crippen molar-refractivity contribution in [2.24, 2.45) is 0 Å². The number of carbonyl (C=O) groups excluding carboxylic acids is 1. The van der Waals surface area contributed by atoms with Crippen molar-refractivity contribution in [2.45, 2.75) is 32.2 Å². The molecule has 4 rings (SSSR count). The van der Waals surface area contributed by atoms with Crippen LogP contribution in [0.2, 0.25) is 0 Å². The van der Waals surface area contributed by atoms with E-state index in [2.05, 4.69) is 16.0 Å². The molecule has 0 radical (unpaired) electrons. The Bertz CT molecular complexity index is 1250. The van der Waals surface area contributed by atoms with Crippen LogP contribution in [0.4, 0.5) is 4.39 Å². The summed E-state index contributed by atoms with van der Waals surface area (Å²) in [5.41, 5.74) is 2.54. The monoisotopic (exact) mass is 475 g/mol. The van der Waals surface area contributed by atoms with Gasteiger partial charge in [-0.2, -0.15) is 0 Å². The quantitative estimate of drug-likeness (QED) is 0.279. The van der Waals surface area contributed by atoms with E-state index in [1.54, 1.807) is 7.11 Å². The Labute approximate surface area is 204 Å². The summed E-state index contributed by atoms with van der Waals surface area (Å²) in [7, 11) is 1.64. The van der Waals surface area contributed by atoms with Crippen molar-refractivity contribution in [3.05, 3.63) is 90.0 Å². The maximum Gasteiger partial charge on any atom is 0.251 e. The van der Waals surface area contributed by atoms with Crippen LogP contribution in [0.1, 0.15) is 35.4 Å². The summed E-state index contributed by atoms with van der Waals surface area (Å²) in [6.45, 7) is 1.97. The highest BCUT2D eigenvalue weighted by molar-refractivity contribution is 5.94. The Morgan fingerprint density at radius 1 is 0.943 bits per heavy atom. The van der Waals surface area contributed by atoms with Gasteiger partial charge in [-0.05, 0) is 67.8 Å². The number of methoxy groups -OCH3 is 1. The Kier molecular flexibility index (Phi) is 8.33. The van der Waals surface area contributed by atoms with Gasteiger partial charge in [-0.3, -0.25) is 4.79 Å². The third kappa shape index (κ3) is 6.38. The van der Waals surface area contributed by atoms with Gasteiger partial charge >= 0.3 is 0 Å². The molecule has 0 bridgehead atoms. The van der Waals surface area contributed by atoms with Crippen molar-refractivity contribution in [1.82, 2.24) is 14.9 Å². The lowest BCUT2D eigenvalue weighted by Crippen LogP contribution is -2.25. The molecule has 4 aromatic rings. The van der Waals surface area contributed by atoms with E-state index >= 15 is 0 Å². The Morgan fingerprint density at radius 2 is 1.69 bits per heavy atom. The number of ether oxygens (including phenoxy) is 2. The molecule has 1 heterocycles. The fourth-order valence-corrected chi connectivity index (χ4v) is 4.01. The zero-order valence-electron chi connectivity index (χ0n) is 19.9. The largest absolute Gasteiger partial charge is 0.493 e. The lowest BCUT2D eigenvalue weighted by atomic mass is 10.2. The van der Waals surface area contributed by atoms with Crippen LogP contribution in [0.15, 0.2) is 72.8 Å². The van der Waals surface area contributed by atoms with Gasteiger partial charge in [0.25, 0.3) is 5.91 Å². The first kappa shape index (κ1) is 24.3. The van der Waals surface area contributed by atoms with E-state index in [0.717, 1.165) is 60.6 Å². The number of halogens is 1. The second-order valence-corrected chi connectivity index (χ2v) is 8.24. The summed E-state index contributed by atoms with van der Waals surface area (Å²) < 4.78 is 26.6. The SMILES string of the molecule is COc1ccccc1OCCCCn1c(CCCNC(=O)c2ccc(F)cc2)nc2ccccc21. The normalized spacial score (nSPS) is 10.9. The molecular formula is C28H30FN3O3. The lowest BCUT2D eigenvalue weighted by molar-refractivity contribution is 0.0953. The molecule has 3 aromatic carbocycles. The van der Waals surface area contributed by atoms with Gasteiger partial charge in [0.2, 0.25) is 0 Å². The molecule has 0 saturated heterocycles. The van der Waals surface area contributed by atoms with Gasteiger partial charge in [0.05, 0.1) is 24.8 Å². The van der Waals surface area contributed by atoms with E-state index in [1.807, 2.05) is 42.5 Å². The van der Waals surface area contributed by atoms with Gasteiger partial charge in [0.15, 0.2) is 11.5 Å². The van der Waals surface area contributed by atoms with Crippen LogP contribution in [0.5, 0.6) is 11.5 Å². The van der Waals surface area contributed by atoms with Gasteiger partial charge in [0, 0.05) is 25.1 Å². The molecule has 0 aliphatic heterocycles. The number of nitrogens with zero attached hydrogens (tertiary/aromatic N) is 2. The topological polar surface area (TPSA) is 65.4 Å². The van der Waals surface area contributed by atoms with E-state index in [9.17, 15) is 9.18 Å². The molecule has 0 unspecified atom stereocenters. The van der Waals surface area contributed by atoms with Gasteiger partial charge in [-0.25, -0.2) is 9.37 Å². The molecule has 1 amide bonds. The third-order valence-electron chi connectivity index (χ3n) is 5.81. The van der Waals surface area contributed by atoms with Crippen molar-refractivity contribution < 1.29 is 18.7 Å². The minimum absolute atomic E-state index is 0.200. The van der Waals surface area contributed by atoms with Crippen LogP contribution in [0.3, 0.4) is 0 Å². The number of aromatic nitrogens is 2. The third-order valence-corrected chi connectivity index (χ3v) is 5.81. The summed E-state index contributed by atoms with van der Waals surface area (Å²) in [6.07, 6.45) is 3.35. The molecule has 0 aliphatic rings. The number of rotatable bonds is 12. The average Bonchev–Trinajstić information content (AvgIpc) is 3.24. The molecule has 1 aromatic heterocycles. The van der Waals surface area contributed by atoms with Crippen molar-refractivity contribution in [1.29, 1.82) is 0 Å². The summed E-state index contributed by atoms with van der Waals surface area (Å²) in [6, 6.07) is 21.3. The molecule has 1 N–H and O–H groups in total. The molecule has 6 nitrogen and oxygen atoms in total. The predicted octanol–water partition coefficient (Wildman–Crippen LogP) is 5.41. The molecule has 0 fully saturated rings. The van der Waals surface area contributed by atoms with Crippen LogP contribution in [-0.2, 0) is 13.0 Å². The first-order chi connectivity index (χ1) is 17.2. The van der Waals surface area contributed by atoms with Crippen LogP contribution < -0.4 is 14.8 Å². The molecule has 35 heavy (non-hydrogen) atoms. The van der Waals surface area contributed by atoms with Crippen LogP contribution in [-0.4, -0.2) is 35.7 Å². The molecule has 0 spiro atoms. The number of benzene rings is 3. The van der Waals surface area contributed by atoms with E-state index in [0.29, 0.717) is 18.7 Å². The second kappa shape index (κ2) is 12.0. The molecule has 7 heteroatoms. The maximum absolute atomic E-state index is 13.1. The van der Waals surface area contributed by atoms with Crippen molar-refractivity contribution >= 4 is 16.9 Å². The molecular weight excluding hydrogens is 445 g/mol. The summed E-state index contributed by atoms with van der Waals surface area (Å²) in [4.78, 5) is 17.1. The van der Waals surface area contributed by atoms with Crippen molar-refractivity contribution in [2.75, 3.05) is 20.3 Å². The number of fused-ring (bicyclic) bond motifs is 1. The summed E-state index contributed by atoms with van der Waals surface area (Å²) in [5.74, 6) is 1.95. The first-order valence-electron chi connectivity index (χ1n) is 11.9. The predicted molar refractivity (Wildman–Crippen MR) is 135 cm³/mol. The Hall–Kier alpha value is -3.87. The smallest absolute Gasteiger partial charge is 0.251 e. The van der Waals surface area contributed by atoms with Crippen LogP contribution in [0, 0.1) is 5.82 Å². The number of hydrogen-bond donors (Lipinski definition) is 1. The molecule has 0 saturated carbocycles. The number of imidazole rings is 1. The van der Waals surface area contributed by atoms with E-state index in [1.165, 1.54) is 24.3 Å². The van der Waals surface area contributed by atoms with Crippen LogP contribution >= 0.6 is 0 Å². The van der Waals surface area contributed by atoms with Crippen molar-refractivity contribution in [3.63, 3.8) is 0 Å². The number of amides is 1. The number of hydrogen-bond acceptors (Lipinski definition) is 4. The first-order valence-corrected chi connectivity index (χ1v) is 11.9. The standard InChI is InChI=1S/C28H30FN3O3/c1-34-25-11-4-5-12-26(25)35-20-7-6-19-32-24-10-3-2-9-23(24)31-27(32)13-8-18-30-28(33)21-14-16-22(29)17-15-21/h2-5,9-12,14-17H,6-8,13,18-20H2,1H3,(H,30,33). The van der Waals surface area contributed by atoms with E-state index in [4.69, 9.17) is 14.5 Å². The highest BCUT2D eigenvalue weighted by atomic mass is 19.1. The maximum atomic E-state index is 13.1. The minimum atomic E-state index is -0.355. The Morgan fingerprint density at radius 3 is 2.49 bits per heavy atom. The Balaban J connectivity index is 1.29. The number of nitrogens with one attached hydrogen (secondary N) is 1. The average molecular weight is 476 g/mol. The zero-order valence-corrected chi connectivity index (χ0v) is 19.9. The number of carbonyl (C=O) groups is 1. The number of unbranched alkanes of at least 4 members (excludes halogenated alkanes) is 1. The van der Waals surface area contributed by atoms with Gasteiger partial charge in [0.1, 0.15) is 11.6 Å². The zero-order chi connectivity index (χ0) is 24.5. The van der Waals surface area contributed by atoms with E-state index < -0.39 is 0 Å². The second-order valence-electron chi connectivity index (χ2n) is 8.24. The van der Waals surface area contributed by atoms with Crippen LogP contribution in [0.25, 0.3) is 11.0 Å². The van der Waals surface area contributed by atoms with Gasteiger partial charge in [-0.15, -0.1) is 0 Å². The summed E-state index contributed by atoms with van der Waals surface area (Å²) in [5, 5.41) is 2.90.